The molecule has 2 aromatic rings. The molecule has 0 aliphatic carbocycles. The first kappa shape index (κ1) is 11.9. The van der Waals surface area contributed by atoms with Crippen LogP contribution in [0.5, 0.6) is 0 Å². The van der Waals surface area contributed by atoms with E-state index in [-0.39, 0.29) is 17.3 Å². The molecule has 17 heavy (non-hydrogen) atoms. The zero-order valence-electron chi connectivity index (χ0n) is 8.45. The summed E-state index contributed by atoms with van der Waals surface area (Å²) in [6.45, 7) is 0.00596. The smallest absolute Gasteiger partial charge is 0.268 e. The molecule has 0 saturated heterocycles. The van der Waals surface area contributed by atoms with Gasteiger partial charge in [-0.25, -0.2) is 4.98 Å². The van der Waals surface area contributed by atoms with Crippen molar-refractivity contribution in [2.45, 2.75) is 12.7 Å². The Morgan fingerprint density at radius 3 is 2.65 bits per heavy atom. The van der Waals surface area contributed by atoms with Crippen LogP contribution in [0.1, 0.15) is 11.3 Å². The van der Waals surface area contributed by atoms with E-state index in [1.165, 1.54) is 23.0 Å². The predicted octanol–water partition coefficient (Wildman–Crippen LogP) is 3.00. The van der Waals surface area contributed by atoms with E-state index in [0.29, 0.717) is 0 Å². The molecule has 0 fully saturated rings. The van der Waals surface area contributed by atoms with Crippen molar-refractivity contribution in [1.29, 1.82) is 0 Å². The lowest BCUT2D eigenvalue weighted by Crippen LogP contribution is -2.14. The van der Waals surface area contributed by atoms with Crippen LogP contribution in [0.4, 0.5) is 13.2 Å². The SMILES string of the molecule is FC(F)(F)c1nc(Cl)ccc1Cn1cccn1. The lowest BCUT2D eigenvalue weighted by Gasteiger charge is -2.11. The fourth-order valence-corrected chi connectivity index (χ4v) is 1.55. The number of alkyl halides is 3. The Kier molecular flexibility index (Phi) is 3.06. The monoisotopic (exact) mass is 261 g/mol. The maximum atomic E-state index is 12.7. The molecule has 0 aromatic carbocycles. The quantitative estimate of drug-likeness (QED) is 0.778. The normalized spacial score (nSPS) is 11.8. The molecule has 2 heterocycles. The molecule has 0 amide bonds. The van der Waals surface area contributed by atoms with E-state index in [0.717, 1.165) is 0 Å². The molecule has 0 N–H and O–H groups in total. The molecule has 0 atom stereocenters. The minimum absolute atomic E-state index is 0.00596. The van der Waals surface area contributed by atoms with Gasteiger partial charge in [0.15, 0.2) is 5.69 Å². The Balaban J connectivity index is 2.40. The van der Waals surface area contributed by atoms with Gasteiger partial charge in [0, 0.05) is 18.0 Å². The van der Waals surface area contributed by atoms with Gasteiger partial charge in [0.25, 0.3) is 0 Å². The summed E-state index contributed by atoms with van der Waals surface area (Å²) in [5.41, 5.74) is -0.939. The highest BCUT2D eigenvalue weighted by atomic mass is 35.5. The van der Waals surface area contributed by atoms with Crippen LogP contribution in [0.25, 0.3) is 0 Å². The molecule has 3 nitrogen and oxygen atoms in total. The maximum absolute atomic E-state index is 12.7. The summed E-state index contributed by atoms with van der Waals surface area (Å²) in [5.74, 6) is 0. The topological polar surface area (TPSA) is 30.7 Å². The van der Waals surface area contributed by atoms with Crippen LogP contribution in [-0.2, 0) is 12.7 Å². The summed E-state index contributed by atoms with van der Waals surface area (Å²) in [7, 11) is 0. The van der Waals surface area contributed by atoms with Gasteiger partial charge in [0.2, 0.25) is 0 Å². The standard InChI is InChI=1S/C10H7ClF3N3/c11-8-3-2-7(6-17-5-1-4-15-17)9(16-8)10(12,13)14/h1-5H,6H2. The van der Waals surface area contributed by atoms with E-state index >= 15 is 0 Å². The van der Waals surface area contributed by atoms with Crippen molar-refractivity contribution in [3.8, 4) is 0 Å². The summed E-state index contributed by atoms with van der Waals surface area (Å²) in [6.07, 6.45) is -1.45. The summed E-state index contributed by atoms with van der Waals surface area (Å²) >= 11 is 5.47. The fourth-order valence-electron chi connectivity index (χ4n) is 1.41. The molecule has 0 aliphatic heterocycles. The van der Waals surface area contributed by atoms with Crippen LogP contribution in [0.15, 0.2) is 30.6 Å². The number of rotatable bonds is 2. The highest BCUT2D eigenvalue weighted by Crippen LogP contribution is 2.31. The summed E-state index contributed by atoms with van der Waals surface area (Å²) < 4.78 is 39.5. The summed E-state index contributed by atoms with van der Waals surface area (Å²) in [6, 6.07) is 4.27. The van der Waals surface area contributed by atoms with E-state index in [4.69, 9.17) is 11.6 Å². The third-order valence-electron chi connectivity index (χ3n) is 2.10. The summed E-state index contributed by atoms with van der Waals surface area (Å²) in [4.78, 5) is 3.32. The molecule has 0 spiro atoms. The number of hydrogen-bond donors (Lipinski definition) is 0. The molecule has 0 radical (unpaired) electrons. The first-order chi connectivity index (χ1) is 7.97. The van der Waals surface area contributed by atoms with Gasteiger partial charge in [-0.15, -0.1) is 0 Å². The zero-order chi connectivity index (χ0) is 12.5. The molecule has 0 aliphatic rings. The number of halogens is 4. The van der Waals surface area contributed by atoms with Gasteiger partial charge in [-0.2, -0.15) is 18.3 Å². The second kappa shape index (κ2) is 4.37. The van der Waals surface area contributed by atoms with Crippen molar-refractivity contribution in [2.75, 3.05) is 0 Å². The first-order valence-electron chi connectivity index (χ1n) is 4.67. The first-order valence-corrected chi connectivity index (χ1v) is 5.04. The molecular formula is C10H7ClF3N3. The van der Waals surface area contributed by atoms with Crippen molar-refractivity contribution < 1.29 is 13.2 Å². The van der Waals surface area contributed by atoms with Gasteiger partial charge >= 0.3 is 6.18 Å². The molecule has 90 valence electrons. The Morgan fingerprint density at radius 2 is 2.06 bits per heavy atom. The Bertz CT molecular complexity index is 508. The minimum atomic E-state index is -4.52. The Hall–Kier alpha value is -1.56. The fraction of sp³-hybridized carbons (Fsp3) is 0.200. The van der Waals surface area contributed by atoms with E-state index in [2.05, 4.69) is 10.1 Å². The van der Waals surface area contributed by atoms with Gasteiger partial charge in [0.1, 0.15) is 5.15 Å². The van der Waals surface area contributed by atoms with Crippen LogP contribution in [0, 0.1) is 0 Å². The number of hydrogen-bond acceptors (Lipinski definition) is 2. The highest BCUT2D eigenvalue weighted by Gasteiger charge is 2.35. The van der Waals surface area contributed by atoms with E-state index in [1.807, 2.05) is 0 Å². The zero-order valence-corrected chi connectivity index (χ0v) is 9.20. The molecule has 0 unspecified atom stereocenters. The highest BCUT2D eigenvalue weighted by molar-refractivity contribution is 6.29. The van der Waals surface area contributed by atoms with Gasteiger partial charge in [-0.3, -0.25) is 4.68 Å². The molecular weight excluding hydrogens is 255 g/mol. The Morgan fingerprint density at radius 1 is 1.29 bits per heavy atom. The van der Waals surface area contributed by atoms with Crippen LogP contribution in [-0.4, -0.2) is 14.8 Å². The van der Waals surface area contributed by atoms with Gasteiger partial charge < -0.3 is 0 Å². The van der Waals surface area contributed by atoms with Crippen molar-refractivity contribution >= 4 is 11.6 Å². The second-order valence-corrected chi connectivity index (χ2v) is 3.73. The lowest BCUT2D eigenvalue weighted by atomic mass is 10.2. The summed E-state index contributed by atoms with van der Waals surface area (Å²) in [5, 5.41) is 3.67. The van der Waals surface area contributed by atoms with Crippen LogP contribution in [0.3, 0.4) is 0 Å². The van der Waals surface area contributed by atoms with Gasteiger partial charge in [0.05, 0.1) is 6.54 Å². The molecule has 0 saturated carbocycles. The van der Waals surface area contributed by atoms with Crippen LogP contribution >= 0.6 is 11.6 Å². The average molecular weight is 262 g/mol. The van der Waals surface area contributed by atoms with Crippen molar-refractivity contribution in [1.82, 2.24) is 14.8 Å². The number of pyridine rings is 1. The van der Waals surface area contributed by atoms with Crippen molar-refractivity contribution in [3.63, 3.8) is 0 Å². The van der Waals surface area contributed by atoms with Crippen molar-refractivity contribution in [2.24, 2.45) is 0 Å². The number of aromatic nitrogens is 3. The molecule has 0 bridgehead atoms. The number of nitrogens with zero attached hydrogens (tertiary/aromatic N) is 3. The van der Waals surface area contributed by atoms with Crippen LogP contribution < -0.4 is 0 Å². The third-order valence-corrected chi connectivity index (χ3v) is 2.32. The molecule has 2 aromatic heterocycles. The predicted molar refractivity (Wildman–Crippen MR) is 55.6 cm³/mol. The average Bonchev–Trinajstić information content (AvgIpc) is 2.72. The minimum Gasteiger partial charge on any atom is -0.268 e. The second-order valence-electron chi connectivity index (χ2n) is 3.34. The van der Waals surface area contributed by atoms with Gasteiger partial charge in [-0.1, -0.05) is 17.7 Å². The molecule has 7 heteroatoms. The third kappa shape index (κ3) is 2.76. The van der Waals surface area contributed by atoms with Gasteiger partial charge in [-0.05, 0) is 12.1 Å². The van der Waals surface area contributed by atoms with E-state index < -0.39 is 11.9 Å². The molecule has 2 rings (SSSR count). The lowest BCUT2D eigenvalue weighted by molar-refractivity contribution is -0.141. The Labute approximate surface area is 99.8 Å². The van der Waals surface area contributed by atoms with Crippen LogP contribution in [0.2, 0.25) is 5.15 Å². The van der Waals surface area contributed by atoms with E-state index in [9.17, 15) is 13.2 Å². The van der Waals surface area contributed by atoms with Crippen molar-refractivity contribution in [3.05, 3.63) is 47.0 Å². The van der Waals surface area contributed by atoms with E-state index in [1.54, 1.807) is 12.3 Å². The largest absolute Gasteiger partial charge is 0.433 e. The maximum Gasteiger partial charge on any atom is 0.433 e.